The van der Waals surface area contributed by atoms with Crippen molar-refractivity contribution in [2.24, 2.45) is 0 Å². The predicted octanol–water partition coefficient (Wildman–Crippen LogP) is 7.16. The Morgan fingerprint density at radius 3 is 2.28 bits per heavy atom. The standard InChI is InChI=1S/C31H28N2O2S.CO2/c1-2-36-26-15-13-25(14-16-26)33-29-5-3-4-27(29)28-19-23(12-17-30(28)33)11-8-21-6-9-22(10-7-21)18-24(20-32)31(34)35;2-1-3/h6-19,27,29H,2-5H2,1H3,(H,34,35);. The van der Waals surface area contributed by atoms with Crippen molar-refractivity contribution in [3.8, 4) is 6.07 Å². The maximum absolute atomic E-state index is 11.0. The number of benzene rings is 3. The minimum atomic E-state index is -1.21. The molecule has 3 aromatic carbocycles. The van der Waals surface area contributed by atoms with E-state index in [1.807, 2.05) is 36.0 Å². The van der Waals surface area contributed by atoms with Crippen molar-refractivity contribution in [3.63, 3.8) is 0 Å². The molecule has 0 amide bonds. The molecule has 39 heavy (non-hydrogen) atoms. The first-order chi connectivity index (χ1) is 19.0. The van der Waals surface area contributed by atoms with E-state index in [0.29, 0.717) is 17.5 Å². The van der Waals surface area contributed by atoms with Gasteiger partial charge in [0.05, 0.1) is 0 Å². The summed E-state index contributed by atoms with van der Waals surface area (Å²) in [6.45, 7) is 2.19. The molecule has 1 fully saturated rings. The number of rotatable bonds is 7. The van der Waals surface area contributed by atoms with Gasteiger partial charge in [0.1, 0.15) is 11.6 Å². The number of thioether (sulfide) groups is 1. The Morgan fingerprint density at radius 2 is 1.64 bits per heavy atom. The molecule has 1 aliphatic carbocycles. The summed E-state index contributed by atoms with van der Waals surface area (Å²) in [5, 5.41) is 18.0. The number of carbonyl (C=O) groups excluding carboxylic acids is 2. The highest BCUT2D eigenvalue weighted by atomic mass is 32.2. The molecule has 2 atom stereocenters. The first kappa shape index (κ1) is 27.7. The number of carboxylic acid groups (broad SMARTS) is 1. The predicted molar refractivity (Wildman–Crippen MR) is 153 cm³/mol. The van der Waals surface area contributed by atoms with Gasteiger partial charge in [-0.25, -0.2) is 4.79 Å². The fourth-order valence-electron chi connectivity index (χ4n) is 5.39. The van der Waals surface area contributed by atoms with Crippen LogP contribution < -0.4 is 4.90 Å². The highest BCUT2D eigenvalue weighted by Gasteiger charge is 2.42. The second kappa shape index (κ2) is 12.9. The maximum atomic E-state index is 11.0. The van der Waals surface area contributed by atoms with Gasteiger partial charge in [-0.3, -0.25) is 0 Å². The summed E-state index contributed by atoms with van der Waals surface area (Å²) in [6.07, 6.45) is 9.57. The Kier molecular flexibility index (Phi) is 9.17. The zero-order valence-electron chi connectivity index (χ0n) is 21.5. The van der Waals surface area contributed by atoms with Gasteiger partial charge in [-0.05, 0) is 83.3 Å². The lowest BCUT2D eigenvalue weighted by molar-refractivity contribution is -0.191. The maximum Gasteiger partial charge on any atom is 0.373 e. The van der Waals surface area contributed by atoms with Gasteiger partial charge in [0, 0.05) is 28.2 Å². The van der Waals surface area contributed by atoms with Crippen LogP contribution >= 0.6 is 11.8 Å². The van der Waals surface area contributed by atoms with Gasteiger partial charge < -0.3 is 10.0 Å². The van der Waals surface area contributed by atoms with Crippen LogP contribution in [0.1, 0.15) is 54.4 Å². The van der Waals surface area contributed by atoms with Crippen molar-refractivity contribution in [1.82, 2.24) is 0 Å². The van der Waals surface area contributed by atoms with E-state index in [1.165, 1.54) is 52.7 Å². The van der Waals surface area contributed by atoms with Crippen LogP contribution in [0.5, 0.6) is 0 Å². The normalized spacial score (nSPS) is 17.5. The zero-order valence-corrected chi connectivity index (χ0v) is 22.4. The van der Waals surface area contributed by atoms with Crippen molar-refractivity contribution in [2.75, 3.05) is 10.7 Å². The average molecular weight is 537 g/mol. The third-order valence-corrected chi connectivity index (χ3v) is 7.91. The summed E-state index contributed by atoms with van der Waals surface area (Å²) < 4.78 is 0. The van der Waals surface area contributed by atoms with Crippen molar-refractivity contribution >= 4 is 53.5 Å². The fraction of sp³-hybridized carbons (Fsp3) is 0.219. The largest absolute Gasteiger partial charge is 0.477 e. The molecule has 2 unspecified atom stereocenters. The van der Waals surface area contributed by atoms with Crippen LogP contribution in [-0.4, -0.2) is 29.0 Å². The Bertz CT molecular complexity index is 1460. The van der Waals surface area contributed by atoms with Gasteiger partial charge in [0.25, 0.3) is 0 Å². The summed E-state index contributed by atoms with van der Waals surface area (Å²) in [5.74, 6) is 0.447. The smallest absolute Gasteiger partial charge is 0.373 e. The molecule has 3 aromatic rings. The molecule has 0 aromatic heterocycles. The number of aliphatic carboxylic acids is 1. The van der Waals surface area contributed by atoms with Crippen molar-refractivity contribution in [1.29, 1.82) is 5.26 Å². The van der Waals surface area contributed by atoms with Crippen molar-refractivity contribution < 1.29 is 19.5 Å². The van der Waals surface area contributed by atoms with E-state index in [1.54, 1.807) is 6.07 Å². The minimum Gasteiger partial charge on any atom is -0.477 e. The first-order valence-electron chi connectivity index (χ1n) is 12.8. The molecule has 7 heteroatoms. The molecule has 1 N–H and O–H groups in total. The lowest BCUT2D eigenvalue weighted by atomic mass is 9.95. The van der Waals surface area contributed by atoms with E-state index < -0.39 is 5.97 Å². The van der Waals surface area contributed by atoms with E-state index in [-0.39, 0.29) is 11.7 Å². The SMILES string of the molecule is CCSc1ccc(N2c3ccc(C=Cc4ccc(C=C(C#N)C(=O)O)cc4)cc3C3CCCC32)cc1.O=C=O. The van der Waals surface area contributed by atoms with E-state index in [0.717, 1.165) is 11.3 Å². The van der Waals surface area contributed by atoms with Gasteiger partial charge in [-0.15, -0.1) is 11.8 Å². The molecule has 2 aliphatic rings. The molecule has 1 saturated carbocycles. The number of fused-ring (bicyclic) bond motifs is 3. The van der Waals surface area contributed by atoms with Gasteiger partial charge in [-0.2, -0.15) is 14.9 Å². The molecular formula is C32H28N2O4S. The Labute approximate surface area is 232 Å². The minimum absolute atomic E-state index is 0.250. The topological polar surface area (TPSA) is 98.5 Å². The summed E-state index contributed by atoms with van der Waals surface area (Å²) in [4.78, 5) is 31.2. The Morgan fingerprint density at radius 1 is 1.00 bits per heavy atom. The number of carbonyl (C=O) groups is 1. The number of nitrogens with zero attached hydrogens (tertiary/aromatic N) is 2. The van der Waals surface area contributed by atoms with Crippen LogP contribution in [0.3, 0.4) is 0 Å². The van der Waals surface area contributed by atoms with Crippen molar-refractivity contribution in [2.45, 2.75) is 43.0 Å². The molecule has 1 heterocycles. The summed E-state index contributed by atoms with van der Waals surface area (Å²) in [5.41, 5.74) is 6.68. The van der Waals surface area contributed by atoms with Gasteiger partial charge in [0.15, 0.2) is 0 Å². The second-order valence-electron chi connectivity index (χ2n) is 9.28. The third kappa shape index (κ3) is 6.38. The number of carboxylic acids is 1. The molecule has 0 radical (unpaired) electrons. The third-order valence-electron chi connectivity index (χ3n) is 7.01. The monoisotopic (exact) mass is 536 g/mol. The number of nitriles is 1. The highest BCUT2D eigenvalue weighted by Crippen LogP contribution is 2.52. The van der Waals surface area contributed by atoms with Crippen LogP contribution in [0.25, 0.3) is 18.2 Å². The number of hydrogen-bond acceptors (Lipinski definition) is 6. The zero-order chi connectivity index (χ0) is 27.8. The quantitative estimate of drug-likeness (QED) is 0.148. The molecule has 0 spiro atoms. The molecule has 6 nitrogen and oxygen atoms in total. The fourth-order valence-corrected chi connectivity index (χ4v) is 6.05. The van der Waals surface area contributed by atoms with E-state index in [2.05, 4.69) is 66.4 Å². The lowest BCUT2D eigenvalue weighted by Gasteiger charge is -2.27. The number of hydrogen-bond donors (Lipinski definition) is 1. The van der Waals surface area contributed by atoms with E-state index in [9.17, 15) is 4.79 Å². The van der Waals surface area contributed by atoms with Crippen LogP contribution in [-0.2, 0) is 14.4 Å². The number of anilines is 2. The van der Waals surface area contributed by atoms with Crippen LogP contribution in [0.2, 0.25) is 0 Å². The van der Waals surface area contributed by atoms with E-state index >= 15 is 0 Å². The molecule has 0 bridgehead atoms. The Hall–Kier alpha value is -4.37. The first-order valence-corrected chi connectivity index (χ1v) is 13.8. The van der Waals surface area contributed by atoms with Crippen LogP contribution in [0, 0.1) is 11.3 Å². The summed E-state index contributed by atoms with van der Waals surface area (Å²) in [6, 6.07) is 25.6. The van der Waals surface area contributed by atoms with Gasteiger partial charge in [-0.1, -0.05) is 55.8 Å². The van der Waals surface area contributed by atoms with Crippen LogP contribution in [0.4, 0.5) is 11.4 Å². The van der Waals surface area contributed by atoms with Crippen LogP contribution in [0.15, 0.2) is 77.2 Å². The van der Waals surface area contributed by atoms with E-state index in [4.69, 9.17) is 20.0 Å². The molecule has 5 rings (SSSR count). The second-order valence-corrected chi connectivity index (χ2v) is 10.6. The summed E-state index contributed by atoms with van der Waals surface area (Å²) >= 11 is 1.88. The van der Waals surface area contributed by atoms with Crippen molar-refractivity contribution in [3.05, 3.63) is 94.6 Å². The lowest BCUT2D eigenvalue weighted by Crippen LogP contribution is -2.26. The summed E-state index contributed by atoms with van der Waals surface area (Å²) in [7, 11) is 0. The average Bonchev–Trinajstić information content (AvgIpc) is 3.53. The Balaban J connectivity index is 0.00000112. The molecule has 0 saturated heterocycles. The van der Waals surface area contributed by atoms with Gasteiger partial charge >= 0.3 is 12.1 Å². The molecule has 1 aliphatic heterocycles. The van der Waals surface area contributed by atoms with Gasteiger partial charge in [0.2, 0.25) is 0 Å². The molecular weight excluding hydrogens is 508 g/mol. The molecule has 196 valence electrons. The highest BCUT2D eigenvalue weighted by molar-refractivity contribution is 7.99.